The normalized spacial score (nSPS) is 14.9. The number of nitrogens with zero attached hydrogens (tertiary/aromatic N) is 2. The van der Waals surface area contributed by atoms with Gasteiger partial charge in [0, 0.05) is 18.7 Å². The number of ketones is 1. The minimum Gasteiger partial charge on any atom is -0.332 e. The first kappa shape index (κ1) is 11.4. The number of carbonyl (C=O) groups is 1. The number of rotatable bonds is 4. The lowest BCUT2D eigenvalue weighted by atomic mass is 10.0. The van der Waals surface area contributed by atoms with Crippen LogP contribution >= 0.6 is 0 Å². The Morgan fingerprint density at radius 1 is 1.38 bits per heavy atom. The molecule has 0 N–H and O–H groups in total. The van der Waals surface area contributed by atoms with Crippen LogP contribution in [0.1, 0.15) is 49.8 Å². The smallest absolute Gasteiger partial charge is 0.129 e. The summed E-state index contributed by atoms with van der Waals surface area (Å²) in [6, 6.07) is 0. The molecular formula is C13H20N2O. The topological polar surface area (TPSA) is 34.9 Å². The van der Waals surface area contributed by atoms with Crippen LogP contribution < -0.4 is 0 Å². The van der Waals surface area contributed by atoms with E-state index in [0.717, 1.165) is 31.6 Å². The number of hydrogen-bond donors (Lipinski definition) is 0. The summed E-state index contributed by atoms with van der Waals surface area (Å²) in [6.45, 7) is 4.69. The maximum atomic E-state index is 10.9. The molecule has 0 spiro atoms. The first-order valence-electron chi connectivity index (χ1n) is 6.23. The summed E-state index contributed by atoms with van der Waals surface area (Å²) in [5.74, 6) is 1.40. The Morgan fingerprint density at radius 3 is 2.88 bits per heavy atom. The quantitative estimate of drug-likeness (QED) is 0.781. The van der Waals surface area contributed by atoms with Crippen molar-refractivity contribution in [3.63, 3.8) is 0 Å². The first-order chi connectivity index (χ1) is 7.68. The highest BCUT2D eigenvalue weighted by molar-refractivity contribution is 5.75. The van der Waals surface area contributed by atoms with Crippen LogP contribution in [0.15, 0.2) is 0 Å². The highest BCUT2D eigenvalue weighted by Crippen LogP contribution is 2.22. The molecule has 0 aliphatic heterocycles. The molecule has 0 saturated carbocycles. The fraction of sp³-hybridized carbons (Fsp3) is 0.692. The Balaban J connectivity index is 2.07. The summed E-state index contributed by atoms with van der Waals surface area (Å²) in [5.41, 5.74) is 2.72. The SMILES string of the molecule is CC(=O)CCCn1c(C)nc2c1CCCC2. The summed E-state index contributed by atoms with van der Waals surface area (Å²) < 4.78 is 2.32. The number of hydrogen-bond acceptors (Lipinski definition) is 2. The number of aromatic nitrogens is 2. The van der Waals surface area contributed by atoms with E-state index >= 15 is 0 Å². The van der Waals surface area contributed by atoms with Crippen molar-refractivity contribution in [2.24, 2.45) is 0 Å². The Hall–Kier alpha value is -1.12. The Bertz CT molecular complexity index is 393. The van der Waals surface area contributed by atoms with Crippen LogP contribution in [0.5, 0.6) is 0 Å². The summed E-state index contributed by atoms with van der Waals surface area (Å²) in [7, 11) is 0. The number of aryl methyl sites for hydroxylation is 2. The third kappa shape index (κ3) is 2.34. The Kier molecular flexibility index (Phi) is 3.42. The van der Waals surface area contributed by atoms with Gasteiger partial charge in [0.25, 0.3) is 0 Å². The van der Waals surface area contributed by atoms with Crippen molar-refractivity contribution >= 4 is 5.78 Å². The molecule has 0 amide bonds. The predicted molar refractivity (Wildman–Crippen MR) is 63.5 cm³/mol. The molecule has 1 heterocycles. The van der Waals surface area contributed by atoms with Crippen LogP contribution in [-0.2, 0) is 24.2 Å². The molecule has 0 bridgehead atoms. The molecule has 1 aromatic rings. The molecule has 0 fully saturated rings. The lowest BCUT2D eigenvalue weighted by molar-refractivity contribution is -0.117. The number of imidazole rings is 1. The van der Waals surface area contributed by atoms with Gasteiger partial charge in [-0.25, -0.2) is 4.98 Å². The third-order valence-electron chi connectivity index (χ3n) is 3.33. The van der Waals surface area contributed by atoms with E-state index < -0.39 is 0 Å². The molecule has 3 nitrogen and oxygen atoms in total. The highest BCUT2D eigenvalue weighted by atomic mass is 16.1. The van der Waals surface area contributed by atoms with Gasteiger partial charge < -0.3 is 9.36 Å². The monoisotopic (exact) mass is 220 g/mol. The molecule has 3 heteroatoms. The molecule has 1 aliphatic carbocycles. The zero-order chi connectivity index (χ0) is 11.5. The van der Waals surface area contributed by atoms with E-state index in [-0.39, 0.29) is 5.78 Å². The first-order valence-corrected chi connectivity index (χ1v) is 6.23. The van der Waals surface area contributed by atoms with Gasteiger partial charge in [-0.05, 0) is 46.0 Å². The fourth-order valence-corrected chi connectivity index (χ4v) is 2.52. The molecule has 0 radical (unpaired) electrons. The average Bonchev–Trinajstić information content (AvgIpc) is 2.55. The summed E-state index contributed by atoms with van der Waals surface area (Å²) in [6.07, 6.45) is 6.49. The Labute approximate surface area is 96.9 Å². The van der Waals surface area contributed by atoms with Gasteiger partial charge in [0.1, 0.15) is 11.6 Å². The molecule has 2 rings (SSSR count). The fourth-order valence-electron chi connectivity index (χ4n) is 2.52. The standard InChI is InChI=1S/C13H20N2O/c1-10(16)6-5-9-15-11(2)14-12-7-3-4-8-13(12)15/h3-9H2,1-2H3. The van der Waals surface area contributed by atoms with Crippen LogP contribution in [0.2, 0.25) is 0 Å². The second-order valence-corrected chi connectivity index (χ2v) is 4.72. The van der Waals surface area contributed by atoms with E-state index in [9.17, 15) is 4.79 Å². The van der Waals surface area contributed by atoms with Crippen molar-refractivity contribution in [3.8, 4) is 0 Å². The van der Waals surface area contributed by atoms with Crippen molar-refractivity contribution in [3.05, 3.63) is 17.2 Å². The maximum absolute atomic E-state index is 10.9. The zero-order valence-corrected chi connectivity index (χ0v) is 10.3. The molecule has 1 aliphatic rings. The summed E-state index contributed by atoms with van der Waals surface area (Å²) >= 11 is 0. The molecule has 88 valence electrons. The number of Topliss-reactive ketones (excluding diaryl/α,β-unsaturated/α-hetero) is 1. The second-order valence-electron chi connectivity index (χ2n) is 4.72. The molecular weight excluding hydrogens is 200 g/mol. The number of carbonyl (C=O) groups excluding carboxylic acids is 1. The van der Waals surface area contributed by atoms with E-state index in [0.29, 0.717) is 6.42 Å². The summed E-state index contributed by atoms with van der Waals surface area (Å²) in [5, 5.41) is 0. The lowest BCUT2D eigenvalue weighted by Crippen LogP contribution is -2.10. The van der Waals surface area contributed by atoms with Gasteiger partial charge in [0.05, 0.1) is 5.69 Å². The zero-order valence-electron chi connectivity index (χ0n) is 10.3. The van der Waals surface area contributed by atoms with Gasteiger partial charge in [-0.15, -0.1) is 0 Å². The Morgan fingerprint density at radius 2 is 2.12 bits per heavy atom. The van der Waals surface area contributed by atoms with Gasteiger partial charge in [-0.3, -0.25) is 0 Å². The summed E-state index contributed by atoms with van der Waals surface area (Å²) in [4.78, 5) is 15.5. The van der Waals surface area contributed by atoms with E-state index in [4.69, 9.17) is 0 Å². The second kappa shape index (κ2) is 4.81. The molecule has 0 unspecified atom stereocenters. The van der Waals surface area contributed by atoms with Crippen molar-refractivity contribution in [1.82, 2.24) is 9.55 Å². The van der Waals surface area contributed by atoms with Crippen LogP contribution in [0.4, 0.5) is 0 Å². The van der Waals surface area contributed by atoms with E-state index in [1.165, 1.54) is 24.2 Å². The molecule has 16 heavy (non-hydrogen) atoms. The van der Waals surface area contributed by atoms with E-state index in [1.807, 2.05) is 0 Å². The van der Waals surface area contributed by atoms with Crippen molar-refractivity contribution < 1.29 is 4.79 Å². The maximum Gasteiger partial charge on any atom is 0.129 e. The van der Waals surface area contributed by atoms with Crippen molar-refractivity contribution in [2.75, 3.05) is 0 Å². The minimum atomic E-state index is 0.284. The van der Waals surface area contributed by atoms with Crippen LogP contribution in [0, 0.1) is 6.92 Å². The van der Waals surface area contributed by atoms with E-state index in [1.54, 1.807) is 6.92 Å². The van der Waals surface area contributed by atoms with Crippen LogP contribution in [-0.4, -0.2) is 15.3 Å². The third-order valence-corrected chi connectivity index (χ3v) is 3.33. The van der Waals surface area contributed by atoms with Gasteiger partial charge in [-0.1, -0.05) is 0 Å². The van der Waals surface area contributed by atoms with Gasteiger partial charge in [-0.2, -0.15) is 0 Å². The van der Waals surface area contributed by atoms with Gasteiger partial charge in [0.15, 0.2) is 0 Å². The lowest BCUT2D eigenvalue weighted by Gasteiger charge is -2.14. The molecule has 1 aromatic heterocycles. The molecule has 0 atom stereocenters. The predicted octanol–water partition coefficient (Wildman–Crippen LogP) is 2.44. The van der Waals surface area contributed by atoms with Crippen molar-refractivity contribution in [2.45, 2.75) is 58.9 Å². The van der Waals surface area contributed by atoms with Gasteiger partial charge >= 0.3 is 0 Å². The molecule has 0 saturated heterocycles. The average molecular weight is 220 g/mol. The largest absolute Gasteiger partial charge is 0.332 e. The van der Waals surface area contributed by atoms with E-state index in [2.05, 4.69) is 16.5 Å². The molecule has 0 aromatic carbocycles. The number of fused-ring (bicyclic) bond motifs is 1. The van der Waals surface area contributed by atoms with Crippen molar-refractivity contribution in [1.29, 1.82) is 0 Å². The van der Waals surface area contributed by atoms with Crippen LogP contribution in [0.25, 0.3) is 0 Å². The highest BCUT2D eigenvalue weighted by Gasteiger charge is 2.17. The minimum absolute atomic E-state index is 0.284. The van der Waals surface area contributed by atoms with Gasteiger partial charge in [0.2, 0.25) is 0 Å². The van der Waals surface area contributed by atoms with Crippen LogP contribution in [0.3, 0.4) is 0 Å².